The Balaban J connectivity index is 1.47. The zero-order valence-electron chi connectivity index (χ0n) is 14.9. The molecule has 0 spiro atoms. The first-order valence-corrected chi connectivity index (χ1v) is 9.06. The number of amides is 1. The molecule has 4 rings (SSSR count). The first-order chi connectivity index (χ1) is 12.1. The molecular formula is C22H24N2O. The van der Waals surface area contributed by atoms with Gasteiger partial charge in [-0.05, 0) is 61.9 Å². The molecule has 0 atom stereocenters. The molecule has 3 nitrogen and oxygen atoms in total. The van der Waals surface area contributed by atoms with Crippen LogP contribution in [0.4, 0.5) is 0 Å². The predicted octanol–water partition coefficient (Wildman–Crippen LogP) is 4.80. The number of benzene rings is 2. The summed E-state index contributed by atoms with van der Waals surface area (Å²) < 4.78 is 0. The van der Waals surface area contributed by atoms with Gasteiger partial charge in [0, 0.05) is 35.8 Å². The van der Waals surface area contributed by atoms with Crippen LogP contribution in [0.25, 0.3) is 10.9 Å². The minimum atomic E-state index is 0.170. The van der Waals surface area contributed by atoms with E-state index in [2.05, 4.69) is 36.2 Å². The van der Waals surface area contributed by atoms with E-state index in [0.717, 1.165) is 37.1 Å². The van der Waals surface area contributed by atoms with E-state index < -0.39 is 0 Å². The second-order valence-electron chi connectivity index (χ2n) is 7.20. The summed E-state index contributed by atoms with van der Waals surface area (Å²) in [5.41, 5.74) is 5.70. The van der Waals surface area contributed by atoms with Crippen molar-refractivity contribution in [3.63, 3.8) is 0 Å². The lowest BCUT2D eigenvalue weighted by molar-refractivity contribution is 0.0711. The second-order valence-corrected chi connectivity index (χ2v) is 7.20. The molecule has 0 radical (unpaired) electrons. The molecule has 25 heavy (non-hydrogen) atoms. The van der Waals surface area contributed by atoms with Gasteiger partial charge >= 0.3 is 0 Å². The normalized spacial score (nSPS) is 15.7. The van der Waals surface area contributed by atoms with Crippen molar-refractivity contribution in [1.29, 1.82) is 0 Å². The van der Waals surface area contributed by atoms with E-state index in [-0.39, 0.29) is 5.91 Å². The quantitative estimate of drug-likeness (QED) is 0.718. The highest BCUT2D eigenvalue weighted by molar-refractivity contribution is 5.95. The lowest BCUT2D eigenvalue weighted by atomic mass is 9.93. The number of piperidine rings is 1. The number of aryl methyl sites for hydroxylation is 2. The Bertz CT molecular complexity index is 917. The van der Waals surface area contributed by atoms with Gasteiger partial charge in [0.05, 0.1) is 0 Å². The van der Waals surface area contributed by atoms with Gasteiger partial charge in [-0.3, -0.25) is 4.79 Å². The summed E-state index contributed by atoms with van der Waals surface area (Å²) in [6.07, 6.45) is 2.03. The number of carbonyl (C=O) groups is 1. The van der Waals surface area contributed by atoms with Crippen LogP contribution < -0.4 is 0 Å². The number of likely N-dealkylation sites (tertiary alicyclic amines) is 1. The minimum Gasteiger partial charge on any atom is -0.358 e. The molecule has 3 aromatic rings. The predicted molar refractivity (Wildman–Crippen MR) is 102 cm³/mol. The summed E-state index contributed by atoms with van der Waals surface area (Å²) in [5.74, 6) is 0.678. The maximum absolute atomic E-state index is 12.8. The van der Waals surface area contributed by atoms with Gasteiger partial charge in [0.25, 0.3) is 5.91 Å². The van der Waals surface area contributed by atoms with Gasteiger partial charge < -0.3 is 9.88 Å². The van der Waals surface area contributed by atoms with Crippen molar-refractivity contribution in [1.82, 2.24) is 9.88 Å². The highest BCUT2D eigenvalue weighted by atomic mass is 16.2. The first-order valence-electron chi connectivity index (χ1n) is 9.06. The molecule has 1 amide bonds. The number of rotatable bonds is 2. The molecular weight excluding hydrogens is 308 g/mol. The van der Waals surface area contributed by atoms with Crippen LogP contribution in [0, 0.1) is 13.8 Å². The number of H-pyrrole nitrogens is 1. The van der Waals surface area contributed by atoms with Gasteiger partial charge in [0.15, 0.2) is 0 Å². The summed E-state index contributed by atoms with van der Waals surface area (Å²) in [6.45, 7) is 5.78. The molecule has 3 heteroatoms. The Labute approximate surface area is 148 Å². The van der Waals surface area contributed by atoms with E-state index in [9.17, 15) is 4.79 Å². The van der Waals surface area contributed by atoms with Gasteiger partial charge in [0.2, 0.25) is 0 Å². The SMILES string of the molecule is Cc1ccc2[nH]c(C3CCN(C(=O)c4ccccc4C)CC3)cc2c1. The molecule has 1 aliphatic heterocycles. The lowest BCUT2D eigenvalue weighted by Gasteiger charge is -2.32. The van der Waals surface area contributed by atoms with Gasteiger partial charge in [-0.15, -0.1) is 0 Å². The molecule has 0 unspecified atom stereocenters. The van der Waals surface area contributed by atoms with Crippen molar-refractivity contribution < 1.29 is 4.79 Å². The van der Waals surface area contributed by atoms with E-state index >= 15 is 0 Å². The molecule has 0 saturated carbocycles. The fourth-order valence-electron chi connectivity index (χ4n) is 3.87. The largest absolute Gasteiger partial charge is 0.358 e. The van der Waals surface area contributed by atoms with E-state index in [4.69, 9.17) is 0 Å². The lowest BCUT2D eigenvalue weighted by Crippen LogP contribution is -2.38. The van der Waals surface area contributed by atoms with Crippen LogP contribution in [0.15, 0.2) is 48.5 Å². The third kappa shape index (κ3) is 3.07. The van der Waals surface area contributed by atoms with Crippen molar-refractivity contribution in [2.45, 2.75) is 32.6 Å². The van der Waals surface area contributed by atoms with Crippen LogP contribution in [0.1, 0.15) is 45.9 Å². The van der Waals surface area contributed by atoms with Crippen LogP contribution >= 0.6 is 0 Å². The number of aromatic amines is 1. The maximum Gasteiger partial charge on any atom is 0.254 e. The molecule has 0 bridgehead atoms. The molecule has 1 fully saturated rings. The summed E-state index contributed by atoms with van der Waals surface area (Å²) in [4.78, 5) is 18.3. The van der Waals surface area contributed by atoms with Crippen LogP contribution in [0.5, 0.6) is 0 Å². The Hall–Kier alpha value is -2.55. The summed E-state index contributed by atoms with van der Waals surface area (Å²) in [7, 11) is 0. The number of nitrogens with one attached hydrogen (secondary N) is 1. The van der Waals surface area contributed by atoms with Crippen LogP contribution in [0.3, 0.4) is 0 Å². The number of nitrogens with zero attached hydrogens (tertiary/aromatic N) is 1. The van der Waals surface area contributed by atoms with Crippen molar-refractivity contribution in [3.8, 4) is 0 Å². The Kier molecular flexibility index (Phi) is 4.08. The van der Waals surface area contributed by atoms with E-state index in [1.165, 1.54) is 22.2 Å². The van der Waals surface area contributed by atoms with E-state index in [1.54, 1.807) is 0 Å². The highest BCUT2D eigenvalue weighted by Gasteiger charge is 2.26. The van der Waals surface area contributed by atoms with Gasteiger partial charge in [-0.2, -0.15) is 0 Å². The Morgan fingerprint density at radius 2 is 1.80 bits per heavy atom. The fourth-order valence-corrected chi connectivity index (χ4v) is 3.87. The number of fused-ring (bicyclic) bond motifs is 1. The molecule has 2 heterocycles. The third-order valence-corrected chi connectivity index (χ3v) is 5.39. The molecule has 1 aliphatic rings. The zero-order valence-corrected chi connectivity index (χ0v) is 14.9. The zero-order chi connectivity index (χ0) is 17.4. The number of carbonyl (C=O) groups excluding carboxylic acids is 1. The maximum atomic E-state index is 12.8. The van der Waals surface area contributed by atoms with Crippen LogP contribution in [-0.2, 0) is 0 Å². The van der Waals surface area contributed by atoms with Crippen LogP contribution in [0.2, 0.25) is 0 Å². The number of hydrogen-bond donors (Lipinski definition) is 1. The van der Waals surface area contributed by atoms with Crippen molar-refractivity contribution >= 4 is 16.8 Å². The van der Waals surface area contributed by atoms with Crippen LogP contribution in [-0.4, -0.2) is 28.9 Å². The first kappa shape index (κ1) is 15.9. The van der Waals surface area contributed by atoms with Crippen molar-refractivity contribution in [3.05, 3.63) is 70.9 Å². The third-order valence-electron chi connectivity index (χ3n) is 5.39. The van der Waals surface area contributed by atoms with Gasteiger partial charge in [-0.1, -0.05) is 29.8 Å². The van der Waals surface area contributed by atoms with Crippen molar-refractivity contribution in [2.75, 3.05) is 13.1 Å². The summed E-state index contributed by atoms with van der Waals surface area (Å²) in [5, 5.41) is 1.29. The second kappa shape index (κ2) is 6.40. The number of hydrogen-bond acceptors (Lipinski definition) is 1. The molecule has 0 aliphatic carbocycles. The minimum absolute atomic E-state index is 0.170. The van der Waals surface area contributed by atoms with Gasteiger partial charge in [-0.25, -0.2) is 0 Å². The molecule has 128 valence electrons. The summed E-state index contributed by atoms with van der Waals surface area (Å²) >= 11 is 0. The van der Waals surface area contributed by atoms with E-state index in [0.29, 0.717) is 5.92 Å². The average Bonchev–Trinajstić information content (AvgIpc) is 3.05. The smallest absolute Gasteiger partial charge is 0.254 e. The molecule has 2 aromatic carbocycles. The molecule has 1 saturated heterocycles. The standard InChI is InChI=1S/C22H24N2O/c1-15-7-8-20-18(13-15)14-21(23-20)17-9-11-24(12-10-17)22(25)19-6-4-3-5-16(19)2/h3-8,13-14,17,23H,9-12H2,1-2H3. The monoisotopic (exact) mass is 332 g/mol. The Morgan fingerprint density at radius 3 is 2.56 bits per heavy atom. The molecule has 1 N–H and O–H groups in total. The fraction of sp³-hybridized carbons (Fsp3) is 0.318. The van der Waals surface area contributed by atoms with Crippen molar-refractivity contribution in [2.24, 2.45) is 0 Å². The average molecular weight is 332 g/mol. The Morgan fingerprint density at radius 1 is 1.04 bits per heavy atom. The summed E-state index contributed by atoms with van der Waals surface area (Å²) in [6, 6.07) is 16.7. The molecule has 1 aromatic heterocycles. The highest BCUT2D eigenvalue weighted by Crippen LogP contribution is 2.31. The van der Waals surface area contributed by atoms with E-state index in [1.807, 2.05) is 36.1 Å². The number of aromatic nitrogens is 1. The van der Waals surface area contributed by atoms with Gasteiger partial charge in [0.1, 0.15) is 0 Å². The topological polar surface area (TPSA) is 36.1 Å².